The molecule has 0 bridgehead atoms. The second-order valence-corrected chi connectivity index (χ2v) is 5.93. The van der Waals surface area contributed by atoms with E-state index in [1.165, 1.54) is 0 Å². The van der Waals surface area contributed by atoms with Crippen molar-refractivity contribution in [2.24, 2.45) is 0 Å². The molecule has 0 unspecified atom stereocenters. The Bertz CT molecular complexity index is 646. The average Bonchev–Trinajstić information content (AvgIpc) is 3.20. The summed E-state index contributed by atoms with van der Waals surface area (Å²) in [6.45, 7) is 0.496. The molecule has 1 heterocycles. The van der Waals surface area contributed by atoms with Crippen LogP contribution >= 0.6 is 15.9 Å². The zero-order valence-corrected chi connectivity index (χ0v) is 12.6. The molecule has 0 radical (unpaired) electrons. The summed E-state index contributed by atoms with van der Waals surface area (Å²) >= 11 is 3.48. The molecule has 0 aliphatic heterocycles. The van der Waals surface area contributed by atoms with Gasteiger partial charge in [0, 0.05) is 23.3 Å². The third-order valence-corrected chi connectivity index (χ3v) is 4.21. The second kappa shape index (κ2) is 5.32. The highest BCUT2D eigenvalue weighted by atomic mass is 79.9. The fourth-order valence-electron chi connectivity index (χ4n) is 2.25. The molecule has 1 fully saturated rings. The molecule has 1 aromatic heterocycles. The summed E-state index contributed by atoms with van der Waals surface area (Å²) in [5.41, 5.74) is 8.15. The molecule has 3 N–H and O–H groups in total. The van der Waals surface area contributed by atoms with Crippen LogP contribution in [0.5, 0.6) is 0 Å². The van der Waals surface area contributed by atoms with Crippen molar-refractivity contribution in [3.8, 4) is 0 Å². The van der Waals surface area contributed by atoms with Gasteiger partial charge in [-0.25, -0.2) is 0 Å². The van der Waals surface area contributed by atoms with Gasteiger partial charge in [0.2, 0.25) is 0 Å². The Morgan fingerprint density at radius 2 is 2.15 bits per heavy atom. The first-order valence-corrected chi connectivity index (χ1v) is 7.43. The van der Waals surface area contributed by atoms with Crippen molar-refractivity contribution in [2.75, 3.05) is 5.73 Å². The zero-order chi connectivity index (χ0) is 14.1. The van der Waals surface area contributed by atoms with Gasteiger partial charge in [-0.1, -0.05) is 34.1 Å². The number of nitrogens with one attached hydrogen (secondary N) is 1. The van der Waals surface area contributed by atoms with E-state index in [2.05, 4.69) is 21.2 Å². The number of nitrogens with zero attached hydrogens (tertiary/aromatic N) is 1. The maximum atomic E-state index is 12.3. The number of rotatable bonds is 4. The van der Waals surface area contributed by atoms with Gasteiger partial charge >= 0.3 is 0 Å². The third-order valence-electron chi connectivity index (χ3n) is 3.44. The van der Waals surface area contributed by atoms with Crippen LogP contribution in [-0.2, 0) is 6.54 Å². The van der Waals surface area contributed by atoms with Gasteiger partial charge in [-0.2, -0.15) is 0 Å². The van der Waals surface area contributed by atoms with Crippen LogP contribution in [0.2, 0.25) is 0 Å². The van der Waals surface area contributed by atoms with E-state index in [1.807, 2.05) is 35.0 Å². The number of hydrogen-bond donors (Lipinski definition) is 2. The Labute approximate surface area is 126 Å². The second-order valence-electron chi connectivity index (χ2n) is 5.07. The number of nitrogens with two attached hydrogens (primary N) is 1. The first kappa shape index (κ1) is 13.2. The molecule has 1 aromatic carbocycles. The molecule has 4 nitrogen and oxygen atoms in total. The maximum absolute atomic E-state index is 12.3. The number of carbonyl (C=O) groups is 1. The summed E-state index contributed by atoms with van der Waals surface area (Å²) in [6.07, 6.45) is 4.10. The minimum atomic E-state index is -0.0793. The minimum Gasteiger partial charge on any atom is -0.397 e. The molecule has 3 rings (SSSR count). The van der Waals surface area contributed by atoms with Crippen LogP contribution in [0.1, 0.15) is 34.9 Å². The summed E-state index contributed by atoms with van der Waals surface area (Å²) in [4.78, 5) is 12.3. The van der Waals surface area contributed by atoms with E-state index in [9.17, 15) is 4.79 Å². The lowest BCUT2D eigenvalue weighted by Crippen LogP contribution is -2.25. The Morgan fingerprint density at radius 3 is 2.85 bits per heavy atom. The number of halogens is 1. The highest BCUT2D eigenvalue weighted by Gasteiger charge is 2.27. The molecule has 1 amide bonds. The average molecular weight is 334 g/mol. The summed E-state index contributed by atoms with van der Waals surface area (Å²) in [5.74, 6) is -0.0793. The van der Waals surface area contributed by atoms with Crippen LogP contribution in [0.25, 0.3) is 0 Å². The molecule has 0 spiro atoms. The Morgan fingerprint density at radius 1 is 1.40 bits per heavy atom. The summed E-state index contributed by atoms with van der Waals surface area (Å²) in [5, 5.41) is 2.95. The van der Waals surface area contributed by atoms with Crippen LogP contribution in [-0.4, -0.2) is 10.5 Å². The van der Waals surface area contributed by atoms with Crippen molar-refractivity contribution >= 4 is 27.5 Å². The van der Waals surface area contributed by atoms with E-state index in [1.54, 1.807) is 6.07 Å². The van der Waals surface area contributed by atoms with Crippen molar-refractivity contribution in [3.63, 3.8) is 0 Å². The monoisotopic (exact) mass is 333 g/mol. The van der Waals surface area contributed by atoms with Gasteiger partial charge in [-0.3, -0.25) is 4.79 Å². The Kier molecular flexibility index (Phi) is 3.53. The Hall–Kier alpha value is -1.75. The molecule has 1 aliphatic rings. The number of amides is 1. The lowest BCUT2D eigenvalue weighted by Gasteiger charge is -2.09. The number of anilines is 1. The normalized spacial score (nSPS) is 14.2. The van der Waals surface area contributed by atoms with Gasteiger partial charge in [0.25, 0.3) is 5.91 Å². The fraction of sp³-hybridized carbons (Fsp3) is 0.267. The highest BCUT2D eigenvalue weighted by molar-refractivity contribution is 9.10. The number of benzene rings is 1. The lowest BCUT2D eigenvalue weighted by molar-refractivity contribution is 0.0941. The molecule has 1 aliphatic carbocycles. The number of nitrogen functional groups attached to an aromatic ring is 1. The summed E-state index contributed by atoms with van der Waals surface area (Å²) in [7, 11) is 0. The van der Waals surface area contributed by atoms with E-state index in [0.29, 0.717) is 24.0 Å². The molecule has 0 atom stereocenters. The van der Waals surface area contributed by atoms with Gasteiger partial charge in [0.1, 0.15) is 5.69 Å². The van der Waals surface area contributed by atoms with Crippen LogP contribution in [0.4, 0.5) is 5.69 Å². The smallest absolute Gasteiger partial charge is 0.268 e. The van der Waals surface area contributed by atoms with Crippen molar-refractivity contribution in [1.29, 1.82) is 0 Å². The van der Waals surface area contributed by atoms with E-state index >= 15 is 0 Å². The van der Waals surface area contributed by atoms with Gasteiger partial charge in [0.05, 0.1) is 5.69 Å². The highest BCUT2D eigenvalue weighted by Crippen LogP contribution is 2.37. The topological polar surface area (TPSA) is 60.1 Å². The van der Waals surface area contributed by atoms with Gasteiger partial charge in [0.15, 0.2) is 0 Å². The molecular weight excluding hydrogens is 318 g/mol. The first-order chi connectivity index (χ1) is 9.65. The van der Waals surface area contributed by atoms with Crippen molar-refractivity contribution in [2.45, 2.75) is 25.4 Å². The van der Waals surface area contributed by atoms with Gasteiger partial charge < -0.3 is 15.6 Å². The first-order valence-electron chi connectivity index (χ1n) is 6.64. The van der Waals surface area contributed by atoms with Crippen LogP contribution < -0.4 is 11.1 Å². The lowest BCUT2D eigenvalue weighted by atomic mass is 10.2. The van der Waals surface area contributed by atoms with E-state index in [-0.39, 0.29) is 5.91 Å². The third kappa shape index (κ3) is 2.72. The summed E-state index contributed by atoms with van der Waals surface area (Å²) < 4.78 is 2.99. The van der Waals surface area contributed by atoms with Gasteiger partial charge in [-0.05, 0) is 30.5 Å². The van der Waals surface area contributed by atoms with E-state index < -0.39 is 0 Å². The van der Waals surface area contributed by atoms with Crippen molar-refractivity contribution < 1.29 is 4.79 Å². The Balaban J connectivity index is 1.72. The number of aromatic nitrogens is 1. The fourth-order valence-corrected chi connectivity index (χ4v) is 2.67. The molecule has 2 aromatic rings. The summed E-state index contributed by atoms with van der Waals surface area (Å²) in [6, 6.07) is 10.0. The van der Waals surface area contributed by atoms with Crippen molar-refractivity contribution in [1.82, 2.24) is 9.88 Å². The number of carbonyl (C=O) groups excluding carboxylic acids is 1. The number of hydrogen-bond acceptors (Lipinski definition) is 2. The molecule has 5 heteroatoms. The molecular formula is C15H16BrN3O. The maximum Gasteiger partial charge on any atom is 0.268 e. The molecule has 104 valence electrons. The minimum absolute atomic E-state index is 0.0793. The van der Waals surface area contributed by atoms with E-state index in [0.717, 1.165) is 22.9 Å². The van der Waals surface area contributed by atoms with Crippen molar-refractivity contribution in [3.05, 3.63) is 52.3 Å². The predicted molar refractivity (Wildman–Crippen MR) is 82.4 cm³/mol. The van der Waals surface area contributed by atoms with Crippen LogP contribution in [0, 0.1) is 0 Å². The SMILES string of the molecule is Nc1cc(C(=O)NCc2ccccc2Br)n(C2CC2)c1. The van der Waals surface area contributed by atoms with Crippen LogP contribution in [0.3, 0.4) is 0 Å². The predicted octanol–water partition coefficient (Wildman–Crippen LogP) is 3.10. The largest absolute Gasteiger partial charge is 0.397 e. The standard InChI is InChI=1S/C15H16BrN3O/c16-13-4-2-1-3-10(13)8-18-15(20)14-7-11(17)9-19(14)12-5-6-12/h1-4,7,9,12H,5-6,8,17H2,(H,18,20). The van der Waals surface area contributed by atoms with Crippen LogP contribution in [0.15, 0.2) is 41.0 Å². The van der Waals surface area contributed by atoms with E-state index in [4.69, 9.17) is 5.73 Å². The molecule has 1 saturated carbocycles. The molecule has 0 saturated heterocycles. The quantitative estimate of drug-likeness (QED) is 0.903. The molecule has 20 heavy (non-hydrogen) atoms. The van der Waals surface area contributed by atoms with Gasteiger partial charge in [-0.15, -0.1) is 0 Å². The zero-order valence-electron chi connectivity index (χ0n) is 11.0.